The van der Waals surface area contributed by atoms with Gasteiger partial charge in [-0.15, -0.1) is 22.7 Å². The van der Waals surface area contributed by atoms with Gasteiger partial charge in [0.2, 0.25) is 0 Å². The molecule has 0 spiro atoms. The number of rotatable bonds is 5. The van der Waals surface area contributed by atoms with E-state index in [2.05, 4.69) is 158 Å². The zero-order chi connectivity index (χ0) is 32.4. The van der Waals surface area contributed by atoms with Crippen molar-refractivity contribution in [2.75, 3.05) is 18.8 Å². The van der Waals surface area contributed by atoms with E-state index in [9.17, 15) is 0 Å². The van der Waals surface area contributed by atoms with Crippen LogP contribution in [0.1, 0.15) is 0 Å². The molecule has 0 saturated carbocycles. The normalized spacial score (nSPS) is 12.4. The Labute approximate surface area is 289 Å². The first-order chi connectivity index (χ1) is 23.4. The van der Waals surface area contributed by atoms with E-state index in [1.807, 2.05) is 0 Å². The molecule has 48 heavy (non-hydrogen) atoms. The molecule has 0 saturated heterocycles. The van der Waals surface area contributed by atoms with Crippen LogP contribution in [0.25, 0.3) is 85.4 Å². The topological polar surface area (TPSA) is 25.8 Å². The van der Waals surface area contributed by atoms with Crippen LogP contribution in [0.3, 0.4) is 0 Å². The summed E-state index contributed by atoms with van der Waals surface area (Å²) in [5, 5.41) is 7.22. The smallest absolute Gasteiger partial charge is 0.124 e. The van der Waals surface area contributed by atoms with E-state index in [1.165, 1.54) is 58.1 Å². The SMILES string of the molecule is CS(C)(C)c1ccc2c(-c3ccc(-c4nc5ccccc5s4)cc3)c3ccccc3c(-c3ccc(-c4nc5ccccc5s4)cc3)c2c1. The largest absolute Gasteiger partial charge is 0.236 e. The molecule has 0 bridgehead atoms. The number of nitrogens with zero attached hydrogens (tertiary/aromatic N) is 2. The number of fused-ring (bicyclic) bond motifs is 4. The number of hydrogen-bond donors (Lipinski definition) is 0. The van der Waals surface area contributed by atoms with Crippen LogP contribution in [0, 0.1) is 0 Å². The van der Waals surface area contributed by atoms with Gasteiger partial charge in [-0.25, -0.2) is 20.0 Å². The van der Waals surface area contributed by atoms with E-state index < -0.39 is 10.0 Å². The molecule has 9 rings (SSSR count). The summed E-state index contributed by atoms with van der Waals surface area (Å²) < 4.78 is 2.43. The Morgan fingerprint density at radius 3 is 1.31 bits per heavy atom. The van der Waals surface area contributed by atoms with Crippen LogP contribution in [0.15, 0.2) is 144 Å². The van der Waals surface area contributed by atoms with Crippen molar-refractivity contribution in [3.63, 3.8) is 0 Å². The van der Waals surface area contributed by atoms with Gasteiger partial charge in [-0.05, 0) is 104 Å². The van der Waals surface area contributed by atoms with Gasteiger partial charge in [0.1, 0.15) is 10.0 Å². The lowest BCUT2D eigenvalue weighted by atomic mass is 9.85. The van der Waals surface area contributed by atoms with Gasteiger partial charge in [0.05, 0.1) is 20.4 Å². The maximum Gasteiger partial charge on any atom is 0.124 e. The predicted octanol–water partition coefficient (Wildman–Crippen LogP) is 12.9. The molecular weight excluding hydrogens is 641 g/mol. The summed E-state index contributed by atoms with van der Waals surface area (Å²) >= 11 is 3.50. The number of hydrogen-bond acceptors (Lipinski definition) is 4. The standard InChI is InChI=1S/C43H32N2S3/c1-48(2,3)31-24-25-34-35(26-31)41(28-18-22-30(23-19-28)43-45-37-13-7-9-15-39(37)47-43)33-11-5-4-10-32(33)40(34)27-16-20-29(21-17-27)42-44-36-12-6-8-14-38(36)46-42/h4-26H,1-3H3. The molecule has 7 aromatic carbocycles. The van der Waals surface area contributed by atoms with Gasteiger partial charge in [-0.2, -0.15) is 0 Å². The monoisotopic (exact) mass is 672 g/mol. The first kappa shape index (κ1) is 29.3. The highest BCUT2D eigenvalue weighted by Crippen LogP contribution is 2.50. The van der Waals surface area contributed by atoms with Crippen molar-refractivity contribution >= 4 is 74.7 Å². The van der Waals surface area contributed by atoms with Crippen LogP contribution in [-0.2, 0) is 0 Å². The lowest BCUT2D eigenvalue weighted by Crippen LogP contribution is -1.96. The molecule has 0 atom stereocenters. The average Bonchev–Trinajstić information content (AvgIpc) is 3.75. The van der Waals surface area contributed by atoms with E-state index in [-0.39, 0.29) is 0 Å². The molecule has 0 radical (unpaired) electrons. The Kier molecular flexibility index (Phi) is 6.98. The van der Waals surface area contributed by atoms with Crippen LogP contribution in [0.2, 0.25) is 0 Å². The number of benzene rings is 7. The average molecular weight is 673 g/mol. The van der Waals surface area contributed by atoms with Gasteiger partial charge >= 0.3 is 0 Å². The number of thiazole rings is 2. The van der Waals surface area contributed by atoms with E-state index in [1.54, 1.807) is 22.7 Å². The minimum atomic E-state index is -0.940. The predicted molar refractivity (Wildman–Crippen MR) is 213 cm³/mol. The Morgan fingerprint density at radius 1 is 0.417 bits per heavy atom. The molecule has 9 aromatic rings. The van der Waals surface area contributed by atoms with Crippen LogP contribution >= 0.6 is 32.7 Å². The van der Waals surface area contributed by atoms with Gasteiger partial charge in [0.25, 0.3) is 0 Å². The molecule has 0 aliphatic rings. The highest BCUT2D eigenvalue weighted by Gasteiger charge is 2.19. The molecule has 0 amide bonds. The zero-order valence-electron chi connectivity index (χ0n) is 26.9. The van der Waals surface area contributed by atoms with Crippen molar-refractivity contribution in [3.8, 4) is 43.4 Å². The molecule has 0 fully saturated rings. The quantitative estimate of drug-likeness (QED) is 0.170. The van der Waals surface area contributed by atoms with Gasteiger partial charge < -0.3 is 0 Å². The highest BCUT2D eigenvalue weighted by molar-refractivity contribution is 8.32. The molecule has 0 unspecified atom stereocenters. The van der Waals surface area contributed by atoms with Gasteiger partial charge in [-0.3, -0.25) is 0 Å². The third-order valence-corrected chi connectivity index (χ3v) is 13.0. The highest BCUT2D eigenvalue weighted by atomic mass is 32.3. The van der Waals surface area contributed by atoms with Crippen molar-refractivity contribution in [1.29, 1.82) is 0 Å². The minimum absolute atomic E-state index is 0.940. The Hall–Kier alpha value is -4.81. The first-order valence-electron chi connectivity index (χ1n) is 16.0. The van der Waals surface area contributed by atoms with Crippen molar-refractivity contribution in [3.05, 3.63) is 140 Å². The summed E-state index contributed by atoms with van der Waals surface area (Å²) in [5.74, 6) is 0. The first-order valence-corrected chi connectivity index (χ1v) is 20.5. The molecule has 0 N–H and O–H groups in total. The summed E-state index contributed by atoms with van der Waals surface area (Å²) in [4.78, 5) is 11.3. The van der Waals surface area contributed by atoms with E-state index in [0.29, 0.717) is 0 Å². The van der Waals surface area contributed by atoms with E-state index in [4.69, 9.17) is 9.97 Å². The van der Waals surface area contributed by atoms with Crippen molar-refractivity contribution in [2.45, 2.75) is 4.90 Å². The Balaban J connectivity index is 1.23. The molecule has 0 aliphatic carbocycles. The van der Waals surface area contributed by atoms with Crippen molar-refractivity contribution in [2.24, 2.45) is 0 Å². The molecular formula is C43H32N2S3. The van der Waals surface area contributed by atoms with E-state index in [0.717, 1.165) is 32.2 Å². The third kappa shape index (κ3) is 5.01. The van der Waals surface area contributed by atoms with Crippen LogP contribution in [0.5, 0.6) is 0 Å². The maximum atomic E-state index is 4.92. The minimum Gasteiger partial charge on any atom is -0.236 e. The molecule has 2 nitrogen and oxygen atoms in total. The van der Waals surface area contributed by atoms with Gasteiger partial charge in [0.15, 0.2) is 0 Å². The molecule has 2 aromatic heterocycles. The Morgan fingerprint density at radius 2 is 0.833 bits per heavy atom. The van der Waals surface area contributed by atoms with Crippen molar-refractivity contribution < 1.29 is 0 Å². The molecule has 232 valence electrons. The molecule has 5 heteroatoms. The summed E-state index contributed by atoms with van der Waals surface area (Å²) in [6.45, 7) is 0. The fraction of sp³-hybridized carbons (Fsp3) is 0.0698. The summed E-state index contributed by atoms with van der Waals surface area (Å²) in [7, 11) is -0.940. The summed E-state index contributed by atoms with van der Waals surface area (Å²) in [5.41, 5.74) is 9.42. The number of aromatic nitrogens is 2. The van der Waals surface area contributed by atoms with E-state index >= 15 is 0 Å². The fourth-order valence-electron chi connectivity index (χ4n) is 6.71. The van der Waals surface area contributed by atoms with Crippen LogP contribution in [0.4, 0.5) is 0 Å². The molecule has 2 heterocycles. The fourth-order valence-corrected chi connectivity index (χ4v) is 9.60. The van der Waals surface area contributed by atoms with Crippen LogP contribution < -0.4 is 0 Å². The zero-order valence-corrected chi connectivity index (χ0v) is 29.3. The van der Waals surface area contributed by atoms with Crippen LogP contribution in [-0.4, -0.2) is 28.7 Å². The van der Waals surface area contributed by atoms with Crippen molar-refractivity contribution in [1.82, 2.24) is 9.97 Å². The second-order valence-electron chi connectivity index (χ2n) is 13.0. The summed E-state index contributed by atoms with van der Waals surface area (Å²) in [6, 6.07) is 50.9. The third-order valence-electron chi connectivity index (χ3n) is 9.13. The maximum absolute atomic E-state index is 4.92. The lowest BCUT2D eigenvalue weighted by Gasteiger charge is -2.27. The molecule has 0 aliphatic heterocycles. The second-order valence-corrected chi connectivity index (χ2v) is 19.2. The number of para-hydroxylation sites is 2. The Bertz CT molecular complexity index is 2570. The lowest BCUT2D eigenvalue weighted by molar-refractivity contribution is 1.47. The van der Waals surface area contributed by atoms with Gasteiger partial charge in [0, 0.05) is 11.1 Å². The van der Waals surface area contributed by atoms with Gasteiger partial charge in [-0.1, -0.05) is 103 Å². The second kappa shape index (κ2) is 11.4. The summed E-state index contributed by atoms with van der Waals surface area (Å²) in [6.07, 6.45) is 7.13.